The monoisotopic (exact) mass is 330 g/mol. The summed E-state index contributed by atoms with van der Waals surface area (Å²) in [5.74, 6) is 0.799. The molecule has 4 nitrogen and oxygen atoms in total. The summed E-state index contributed by atoms with van der Waals surface area (Å²) in [6.45, 7) is 0.217. The van der Waals surface area contributed by atoms with Crippen molar-refractivity contribution in [2.24, 2.45) is 0 Å². The van der Waals surface area contributed by atoms with Gasteiger partial charge in [0.25, 0.3) is 5.91 Å². The van der Waals surface area contributed by atoms with E-state index >= 15 is 0 Å². The van der Waals surface area contributed by atoms with E-state index in [4.69, 9.17) is 4.74 Å². The van der Waals surface area contributed by atoms with Crippen LogP contribution in [0.4, 0.5) is 5.69 Å². The Kier molecular flexibility index (Phi) is 3.86. The summed E-state index contributed by atoms with van der Waals surface area (Å²) in [6.07, 6.45) is 0. The average Bonchev–Trinajstić information content (AvgIpc) is 3.01. The highest BCUT2D eigenvalue weighted by atomic mass is 16.5. The summed E-state index contributed by atoms with van der Waals surface area (Å²) in [5.41, 5.74) is 2.75. The van der Waals surface area contributed by atoms with Crippen molar-refractivity contribution in [2.75, 3.05) is 19.0 Å². The van der Waals surface area contributed by atoms with Gasteiger partial charge in [-0.05, 0) is 36.4 Å². The highest BCUT2D eigenvalue weighted by Crippen LogP contribution is 2.28. The van der Waals surface area contributed by atoms with Crippen LogP contribution in [0.1, 0.15) is 4.79 Å². The number of carbonyl (C=O) groups is 1. The average molecular weight is 330 g/mol. The topological polar surface area (TPSA) is 43.3 Å². The highest BCUT2D eigenvalue weighted by Gasteiger charge is 2.15. The molecule has 0 aliphatic rings. The first-order chi connectivity index (χ1) is 12.3. The molecule has 1 aromatic heterocycles. The molecule has 0 spiro atoms. The lowest BCUT2D eigenvalue weighted by Crippen LogP contribution is -2.20. The Labute approximate surface area is 145 Å². The summed E-state index contributed by atoms with van der Waals surface area (Å²) in [7, 11) is 1.63. The van der Waals surface area contributed by atoms with Gasteiger partial charge in [0.05, 0.1) is 24.7 Å². The molecule has 3 aromatic carbocycles. The molecule has 25 heavy (non-hydrogen) atoms. The van der Waals surface area contributed by atoms with E-state index in [0.29, 0.717) is 0 Å². The van der Waals surface area contributed by atoms with Gasteiger partial charge in [-0.15, -0.1) is 0 Å². The second-order valence-electron chi connectivity index (χ2n) is 5.85. The molecular weight excluding hydrogens is 312 g/mol. The van der Waals surface area contributed by atoms with Crippen LogP contribution in [-0.4, -0.2) is 24.1 Å². The number of ether oxygens (including phenoxy) is 1. The minimum atomic E-state index is 0.00761. The van der Waals surface area contributed by atoms with Gasteiger partial charge in [-0.3, -0.25) is 9.36 Å². The van der Waals surface area contributed by atoms with Crippen LogP contribution in [0.3, 0.4) is 0 Å². The molecule has 4 rings (SSSR count). The fourth-order valence-electron chi connectivity index (χ4n) is 3.16. The van der Waals surface area contributed by atoms with Crippen LogP contribution in [0.25, 0.3) is 21.8 Å². The third-order valence-corrected chi connectivity index (χ3v) is 4.36. The van der Waals surface area contributed by atoms with Crippen LogP contribution in [-0.2, 0) is 0 Å². The summed E-state index contributed by atoms with van der Waals surface area (Å²) >= 11 is 0. The summed E-state index contributed by atoms with van der Waals surface area (Å²) < 4.78 is 6.94. The van der Waals surface area contributed by atoms with Crippen molar-refractivity contribution in [3.05, 3.63) is 72.8 Å². The van der Waals surface area contributed by atoms with Gasteiger partial charge >= 0.3 is 0 Å². The van der Waals surface area contributed by atoms with Crippen LogP contribution >= 0.6 is 0 Å². The van der Waals surface area contributed by atoms with E-state index in [0.717, 1.165) is 33.2 Å². The first-order valence-corrected chi connectivity index (χ1v) is 8.17. The van der Waals surface area contributed by atoms with Crippen LogP contribution in [0.5, 0.6) is 5.75 Å². The zero-order chi connectivity index (χ0) is 17.2. The maximum Gasteiger partial charge on any atom is 0.250 e. The molecule has 1 N–H and O–H groups in total. The van der Waals surface area contributed by atoms with Crippen molar-refractivity contribution < 1.29 is 9.53 Å². The van der Waals surface area contributed by atoms with Gasteiger partial charge in [-0.2, -0.15) is 0 Å². The quantitative estimate of drug-likeness (QED) is 0.597. The maximum atomic E-state index is 12.9. The maximum absolute atomic E-state index is 12.9. The molecule has 0 fully saturated rings. The molecule has 0 aliphatic heterocycles. The smallest absolute Gasteiger partial charge is 0.250 e. The number of benzene rings is 3. The highest BCUT2D eigenvalue weighted by molar-refractivity contribution is 6.13. The first-order valence-electron chi connectivity index (χ1n) is 8.17. The van der Waals surface area contributed by atoms with Gasteiger partial charge in [0.1, 0.15) is 5.75 Å². The number of rotatable bonds is 4. The van der Waals surface area contributed by atoms with E-state index in [1.807, 2.05) is 60.7 Å². The van der Waals surface area contributed by atoms with E-state index < -0.39 is 0 Å². The van der Waals surface area contributed by atoms with Gasteiger partial charge in [-0.25, -0.2) is 0 Å². The number of anilines is 1. The zero-order valence-electron chi connectivity index (χ0n) is 13.9. The number of aromatic nitrogens is 1. The van der Waals surface area contributed by atoms with Crippen LogP contribution in [0.2, 0.25) is 0 Å². The van der Waals surface area contributed by atoms with Gasteiger partial charge in [0.2, 0.25) is 0 Å². The summed E-state index contributed by atoms with van der Waals surface area (Å²) in [4.78, 5) is 12.9. The van der Waals surface area contributed by atoms with Gasteiger partial charge in [0, 0.05) is 16.5 Å². The number of hydrogen-bond acceptors (Lipinski definition) is 3. The largest absolute Gasteiger partial charge is 0.497 e. The third-order valence-electron chi connectivity index (χ3n) is 4.36. The van der Waals surface area contributed by atoms with E-state index in [1.54, 1.807) is 11.7 Å². The number of hydrogen-bond donors (Lipinski definition) is 1. The first kappa shape index (κ1) is 15.3. The number of para-hydroxylation sites is 2. The molecule has 0 atom stereocenters. The Bertz CT molecular complexity index is 995. The number of fused-ring (bicyclic) bond motifs is 3. The van der Waals surface area contributed by atoms with E-state index in [-0.39, 0.29) is 12.5 Å². The van der Waals surface area contributed by atoms with Crippen LogP contribution in [0.15, 0.2) is 72.8 Å². The van der Waals surface area contributed by atoms with Crippen molar-refractivity contribution in [1.82, 2.24) is 4.57 Å². The Balaban J connectivity index is 1.67. The van der Waals surface area contributed by atoms with Crippen molar-refractivity contribution in [2.45, 2.75) is 0 Å². The summed E-state index contributed by atoms with van der Waals surface area (Å²) in [5, 5.41) is 5.37. The minimum absolute atomic E-state index is 0.00761. The number of carbonyl (C=O) groups excluding carboxylic acids is 1. The molecule has 124 valence electrons. The molecule has 4 heteroatoms. The molecular formula is C21H18N2O2. The number of nitrogens with zero attached hydrogens (tertiary/aromatic N) is 1. The molecule has 0 bridgehead atoms. The Morgan fingerprint density at radius 1 is 0.880 bits per heavy atom. The number of methoxy groups -OCH3 is 1. The second kappa shape index (κ2) is 6.32. The van der Waals surface area contributed by atoms with E-state index in [9.17, 15) is 4.79 Å². The molecule has 0 aliphatic carbocycles. The van der Waals surface area contributed by atoms with Gasteiger partial charge in [-0.1, -0.05) is 36.4 Å². The molecule has 0 saturated heterocycles. The van der Waals surface area contributed by atoms with Gasteiger partial charge < -0.3 is 10.1 Å². The Morgan fingerprint density at radius 2 is 1.44 bits per heavy atom. The fourth-order valence-corrected chi connectivity index (χ4v) is 3.16. The van der Waals surface area contributed by atoms with E-state index in [1.165, 1.54) is 0 Å². The lowest BCUT2D eigenvalue weighted by Gasteiger charge is -2.09. The normalized spacial score (nSPS) is 10.9. The van der Waals surface area contributed by atoms with Crippen molar-refractivity contribution in [3.63, 3.8) is 0 Å². The van der Waals surface area contributed by atoms with Crippen molar-refractivity contribution >= 4 is 33.4 Å². The Hall–Kier alpha value is -3.27. The molecule has 0 amide bonds. The summed E-state index contributed by atoms with van der Waals surface area (Å²) in [6, 6.07) is 23.5. The second-order valence-corrected chi connectivity index (χ2v) is 5.85. The van der Waals surface area contributed by atoms with E-state index in [2.05, 4.69) is 17.4 Å². The van der Waals surface area contributed by atoms with Crippen LogP contribution < -0.4 is 10.1 Å². The Morgan fingerprint density at radius 3 is 2.00 bits per heavy atom. The van der Waals surface area contributed by atoms with Crippen molar-refractivity contribution in [1.29, 1.82) is 0 Å². The lowest BCUT2D eigenvalue weighted by atomic mass is 10.2. The van der Waals surface area contributed by atoms with Gasteiger partial charge in [0.15, 0.2) is 0 Å². The minimum Gasteiger partial charge on any atom is -0.497 e. The van der Waals surface area contributed by atoms with Crippen molar-refractivity contribution in [3.8, 4) is 5.75 Å². The third kappa shape index (κ3) is 2.72. The lowest BCUT2D eigenvalue weighted by molar-refractivity contribution is 0.0938. The fraction of sp³-hybridized carbons (Fsp3) is 0.0952. The molecule has 4 aromatic rings. The standard InChI is InChI=1S/C21H18N2O2/c1-25-16-12-10-15(11-13-16)22-14-21(24)23-19-8-4-2-6-17(19)18-7-3-5-9-20(18)23/h2-13,22H,14H2,1H3. The van der Waals surface area contributed by atoms with Crippen LogP contribution in [0, 0.1) is 0 Å². The SMILES string of the molecule is COc1ccc(NCC(=O)n2c3ccccc3c3ccccc32)cc1. The number of nitrogens with one attached hydrogen (secondary N) is 1. The predicted molar refractivity (Wildman–Crippen MR) is 102 cm³/mol. The predicted octanol–water partition coefficient (Wildman–Crippen LogP) is 4.56. The molecule has 1 heterocycles. The zero-order valence-corrected chi connectivity index (χ0v) is 13.9. The molecule has 0 radical (unpaired) electrons. The molecule has 0 unspecified atom stereocenters. The molecule has 0 saturated carbocycles.